The maximum absolute atomic E-state index is 6.06. The van der Waals surface area contributed by atoms with Gasteiger partial charge in [-0.15, -0.1) is 0 Å². The zero-order valence-corrected chi connectivity index (χ0v) is 11.3. The van der Waals surface area contributed by atoms with Crippen molar-refractivity contribution in [1.29, 1.82) is 0 Å². The SMILES string of the molecule is CN(C)CCN(C)c1cc2c(cc1N)OCCO2. The number of benzene rings is 1. The number of nitrogen functional groups attached to an aromatic ring is 1. The highest BCUT2D eigenvalue weighted by atomic mass is 16.6. The van der Waals surface area contributed by atoms with E-state index >= 15 is 0 Å². The number of anilines is 2. The summed E-state index contributed by atoms with van der Waals surface area (Å²) in [7, 11) is 6.15. The lowest BCUT2D eigenvalue weighted by molar-refractivity contribution is 0.172. The second-order valence-corrected chi connectivity index (χ2v) is 4.78. The number of likely N-dealkylation sites (N-methyl/N-ethyl adjacent to an activating group) is 2. The molecule has 18 heavy (non-hydrogen) atoms. The molecule has 5 heteroatoms. The van der Waals surface area contributed by atoms with Crippen LogP contribution in [-0.2, 0) is 0 Å². The second kappa shape index (κ2) is 5.35. The summed E-state index contributed by atoms with van der Waals surface area (Å²) in [6.45, 7) is 3.07. The Morgan fingerprint density at radius 2 is 1.67 bits per heavy atom. The Bertz CT molecular complexity index is 421. The van der Waals surface area contributed by atoms with Gasteiger partial charge in [0.15, 0.2) is 11.5 Å². The standard InChI is InChI=1S/C13H21N3O2/c1-15(2)4-5-16(3)11-9-13-12(8-10(11)14)17-6-7-18-13/h8-9H,4-7,14H2,1-3H3. The smallest absolute Gasteiger partial charge is 0.163 e. The van der Waals surface area contributed by atoms with Crippen molar-refractivity contribution in [3.05, 3.63) is 12.1 Å². The molecule has 0 spiro atoms. The highest BCUT2D eigenvalue weighted by Gasteiger charge is 2.16. The van der Waals surface area contributed by atoms with Gasteiger partial charge in [0.25, 0.3) is 0 Å². The quantitative estimate of drug-likeness (QED) is 0.810. The first kappa shape index (κ1) is 12.8. The minimum atomic E-state index is 0.586. The van der Waals surface area contributed by atoms with Crippen molar-refractivity contribution in [3.63, 3.8) is 0 Å². The lowest BCUT2D eigenvalue weighted by Crippen LogP contribution is -2.29. The third-order valence-corrected chi connectivity index (χ3v) is 2.99. The van der Waals surface area contributed by atoms with Crippen LogP contribution in [0.15, 0.2) is 12.1 Å². The van der Waals surface area contributed by atoms with Gasteiger partial charge in [0, 0.05) is 32.3 Å². The van der Waals surface area contributed by atoms with E-state index in [2.05, 4.69) is 23.9 Å². The van der Waals surface area contributed by atoms with E-state index in [1.807, 2.05) is 19.2 Å². The Balaban J connectivity index is 2.17. The number of nitrogens with zero attached hydrogens (tertiary/aromatic N) is 2. The molecule has 5 nitrogen and oxygen atoms in total. The van der Waals surface area contributed by atoms with Crippen LogP contribution in [0, 0.1) is 0 Å². The number of hydrogen-bond acceptors (Lipinski definition) is 5. The Hall–Kier alpha value is -1.62. The highest BCUT2D eigenvalue weighted by molar-refractivity contribution is 5.73. The monoisotopic (exact) mass is 251 g/mol. The van der Waals surface area contributed by atoms with E-state index < -0.39 is 0 Å². The Morgan fingerprint density at radius 1 is 1.06 bits per heavy atom. The first-order chi connectivity index (χ1) is 8.58. The molecule has 100 valence electrons. The summed E-state index contributed by atoms with van der Waals surface area (Å²) >= 11 is 0. The van der Waals surface area contributed by atoms with E-state index in [1.165, 1.54) is 0 Å². The van der Waals surface area contributed by atoms with Crippen LogP contribution >= 0.6 is 0 Å². The number of hydrogen-bond donors (Lipinski definition) is 1. The van der Waals surface area contributed by atoms with E-state index in [-0.39, 0.29) is 0 Å². The molecule has 0 amide bonds. The van der Waals surface area contributed by atoms with Gasteiger partial charge in [-0.2, -0.15) is 0 Å². The molecule has 0 saturated carbocycles. The van der Waals surface area contributed by atoms with Gasteiger partial charge in [0.1, 0.15) is 13.2 Å². The topological polar surface area (TPSA) is 51.0 Å². The van der Waals surface area contributed by atoms with Crippen molar-refractivity contribution in [1.82, 2.24) is 4.90 Å². The summed E-state index contributed by atoms with van der Waals surface area (Å²) in [5, 5.41) is 0. The van der Waals surface area contributed by atoms with E-state index in [1.54, 1.807) is 0 Å². The molecule has 0 aliphatic carbocycles. The lowest BCUT2D eigenvalue weighted by atomic mass is 10.2. The van der Waals surface area contributed by atoms with Crippen LogP contribution in [0.5, 0.6) is 11.5 Å². The molecule has 0 saturated heterocycles. The van der Waals surface area contributed by atoms with E-state index in [4.69, 9.17) is 15.2 Å². The first-order valence-electron chi connectivity index (χ1n) is 6.13. The molecule has 2 N–H and O–H groups in total. The number of nitrogens with two attached hydrogens (primary N) is 1. The van der Waals surface area contributed by atoms with Gasteiger partial charge in [0.05, 0.1) is 11.4 Å². The summed E-state index contributed by atoms with van der Waals surface area (Å²) in [6.07, 6.45) is 0. The van der Waals surface area contributed by atoms with Gasteiger partial charge in [-0.25, -0.2) is 0 Å². The van der Waals surface area contributed by atoms with Crippen LogP contribution in [-0.4, -0.2) is 52.3 Å². The van der Waals surface area contributed by atoms with E-state index in [0.29, 0.717) is 13.2 Å². The predicted octanol–water partition coefficient (Wildman–Crippen LogP) is 1.04. The average Bonchev–Trinajstić information content (AvgIpc) is 2.35. The Kier molecular flexibility index (Phi) is 3.81. The number of rotatable bonds is 4. The normalized spacial score (nSPS) is 13.8. The van der Waals surface area contributed by atoms with Crippen molar-refractivity contribution in [2.24, 2.45) is 0 Å². The van der Waals surface area contributed by atoms with Gasteiger partial charge in [0.2, 0.25) is 0 Å². The van der Waals surface area contributed by atoms with Crippen molar-refractivity contribution < 1.29 is 9.47 Å². The molecular formula is C13H21N3O2. The summed E-state index contributed by atoms with van der Waals surface area (Å²) in [6, 6.07) is 3.80. The third-order valence-electron chi connectivity index (χ3n) is 2.99. The fourth-order valence-electron chi connectivity index (χ4n) is 1.89. The largest absolute Gasteiger partial charge is 0.486 e. The van der Waals surface area contributed by atoms with Crippen LogP contribution in [0.4, 0.5) is 11.4 Å². The van der Waals surface area contributed by atoms with Gasteiger partial charge in [-0.3, -0.25) is 0 Å². The molecule has 2 rings (SSSR count). The van der Waals surface area contributed by atoms with Gasteiger partial charge >= 0.3 is 0 Å². The predicted molar refractivity (Wildman–Crippen MR) is 73.7 cm³/mol. The van der Waals surface area contributed by atoms with Crippen LogP contribution in [0.1, 0.15) is 0 Å². The van der Waals surface area contributed by atoms with Gasteiger partial charge < -0.3 is 25.0 Å². The van der Waals surface area contributed by atoms with E-state index in [0.717, 1.165) is 36.0 Å². The fraction of sp³-hybridized carbons (Fsp3) is 0.538. The van der Waals surface area contributed by atoms with Crippen LogP contribution in [0.2, 0.25) is 0 Å². The van der Waals surface area contributed by atoms with E-state index in [9.17, 15) is 0 Å². The highest BCUT2D eigenvalue weighted by Crippen LogP contribution is 2.38. The fourth-order valence-corrected chi connectivity index (χ4v) is 1.89. The Labute approximate surface area is 108 Å². The molecule has 1 heterocycles. The molecule has 0 radical (unpaired) electrons. The van der Waals surface area contributed by atoms with Gasteiger partial charge in [-0.05, 0) is 14.1 Å². The lowest BCUT2D eigenvalue weighted by Gasteiger charge is -2.26. The molecule has 1 aliphatic rings. The maximum atomic E-state index is 6.06. The molecule has 1 aliphatic heterocycles. The molecule has 1 aromatic carbocycles. The van der Waals surface area contributed by atoms with Crippen molar-refractivity contribution in [2.75, 3.05) is 58.1 Å². The third kappa shape index (κ3) is 2.79. The summed E-state index contributed by atoms with van der Waals surface area (Å²) in [4.78, 5) is 4.28. The van der Waals surface area contributed by atoms with Crippen LogP contribution in [0.25, 0.3) is 0 Å². The summed E-state index contributed by atoms with van der Waals surface area (Å²) < 4.78 is 11.1. The number of fused-ring (bicyclic) bond motifs is 1. The molecule has 0 atom stereocenters. The van der Waals surface area contributed by atoms with Crippen LogP contribution in [0.3, 0.4) is 0 Å². The zero-order valence-electron chi connectivity index (χ0n) is 11.3. The average molecular weight is 251 g/mol. The number of ether oxygens (including phenoxy) is 2. The second-order valence-electron chi connectivity index (χ2n) is 4.78. The zero-order chi connectivity index (χ0) is 13.1. The van der Waals surface area contributed by atoms with Gasteiger partial charge in [-0.1, -0.05) is 0 Å². The minimum Gasteiger partial charge on any atom is -0.486 e. The molecule has 0 unspecified atom stereocenters. The van der Waals surface area contributed by atoms with Crippen molar-refractivity contribution in [2.45, 2.75) is 0 Å². The molecule has 0 aromatic heterocycles. The molecule has 0 fully saturated rings. The molecule has 0 bridgehead atoms. The van der Waals surface area contributed by atoms with Crippen molar-refractivity contribution in [3.8, 4) is 11.5 Å². The maximum Gasteiger partial charge on any atom is 0.163 e. The first-order valence-corrected chi connectivity index (χ1v) is 6.13. The molecule has 1 aromatic rings. The molecular weight excluding hydrogens is 230 g/mol. The summed E-state index contributed by atoms with van der Waals surface area (Å²) in [5.74, 6) is 1.52. The Morgan fingerprint density at radius 3 is 2.28 bits per heavy atom. The van der Waals surface area contributed by atoms with Crippen molar-refractivity contribution >= 4 is 11.4 Å². The van der Waals surface area contributed by atoms with Crippen LogP contribution < -0.4 is 20.1 Å². The minimum absolute atomic E-state index is 0.586. The summed E-state index contributed by atoms with van der Waals surface area (Å²) in [5.41, 5.74) is 7.77.